The molecule has 0 fully saturated rings. The van der Waals surface area contributed by atoms with Crippen LogP contribution in [0.25, 0.3) is 0 Å². The Balaban J connectivity index is 4.07. The highest BCUT2D eigenvalue weighted by molar-refractivity contribution is 7.47. The molecule has 0 aliphatic rings. The van der Waals surface area contributed by atoms with Crippen LogP contribution >= 0.6 is 7.82 Å². The number of carbonyl (C=O) groups excluding carboxylic acids is 1. The fourth-order valence-electron chi connectivity index (χ4n) is 8.38. The number of phosphoric acid groups is 1. The van der Waals surface area contributed by atoms with Gasteiger partial charge in [0.2, 0.25) is 5.91 Å². The van der Waals surface area contributed by atoms with Crippen molar-refractivity contribution in [2.45, 2.75) is 283 Å². The number of nitrogens with zero attached hydrogens (tertiary/aromatic N) is 1. The fourth-order valence-corrected chi connectivity index (χ4v) is 9.11. The molecule has 0 saturated heterocycles. The van der Waals surface area contributed by atoms with E-state index in [-0.39, 0.29) is 19.1 Å². The Hall–Kier alpha value is -1.28. The maximum absolute atomic E-state index is 12.9. The molecule has 0 spiro atoms. The summed E-state index contributed by atoms with van der Waals surface area (Å²) >= 11 is 0. The van der Waals surface area contributed by atoms with Gasteiger partial charge in [-0.3, -0.25) is 13.8 Å². The summed E-state index contributed by atoms with van der Waals surface area (Å²) in [7, 11) is 1.57. The molecular formula is C57H112N2O6P+. The van der Waals surface area contributed by atoms with Crippen LogP contribution in [0.5, 0.6) is 0 Å². The summed E-state index contributed by atoms with van der Waals surface area (Å²) < 4.78 is 23.6. The zero-order valence-corrected chi connectivity index (χ0v) is 45.3. The number of quaternary nitrogens is 1. The van der Waals surface area contributed by atoms with Crippen LogP contribution in [0.1, 0.15) is 271 Å². The maximum atomic E-state index is 12.9. The summed E-state index contributed by atoms with van der Waals surface area (Å²) in [6.07, 6.45) is 62.6. The summed E-state index contributed by atoms with van der Waals surface area (Å²) in [6.45, 7) is 4.76. The third-order valence-electron chi connectivity index (χ3n) is 12.8. The molecule has 0 heterocycles. The lowest BCUT2D eigenvalue weighted by Gasteiger charge is -2.25. The van der Waals surface area contributed by atoms with Crippen LogP contribution in [0.15, 0.2) is 36.5 Å². The third-order valence-corrected chi connectivity index (χ3v) is 13.8. The van der Waals surface area contributed by atoms with Crippen molar-refractivity contribution in [1.82, 2.24) is 5.32 Å². The molecule has 8 nitrogen and oxygen atoms in total. The van der Waals surface area contributed by atoms with Gasteiger partial charge in [-0.15, -0.1) is 0 Å². The van der Waals surface area contributed by atoms with Crippen molar-refractivity contribution in [3.8, 4) is 0 Å². The first-order valence-electron chi connectivity index (χ1n) is 28.4. The number of likely N-dealkylation sites (N-methyl/N-ethyl adjacent to an activating group) is 1. The Kier molecular flexibility index (Phi) is 47.8. The van der Waals surface area contributed by atoms with E-state index < -0.39 is 20.0 Å². The molecule has 390 valence electrons. The number of amides is 1. The number of phosphoric ester groups is 1. The highest BCUT2D eigenvalue weighted by Gasteiger charge is 2.27. The molecule has 3 unspecified atom stereocenters. The Bertz CT molecular complexity index is 1170. The monoisotopic (exact) mass is 952 g/mol. The number of rotatable bonds is 52. The molecule has 3 atom stereocenters. The molecule has 0 aromatic rings. The van der Waals surface area contributed by atoms with Crippen molar-refractivity contribution in [2.24, 2.45) is 0 Å². The number of allylic oxidation sites excluding steroid dienone is 5. The van der Waals surface area contributed by atoms with E-state index >= 15 is 0 Å². The molecule has 0 aliphatic heterocycles. The lowest BCUT2D eigenvalue weighted by Crippen LogP contribution is -2.45. The van der Waals surface area contributed by atoms with Crippen molar-refractivity contribution in [2.75, 3.05) is 40.9 Å². The van der Waals surface area contributed by atoms with E-state index in [1.165, 1.54) is 180 Å². The number of aliphatic hydroxyl groups excluding tert-OH is 1. The molecule has 9 heteroatoms. The van der Waals surface area contributed by atoms with Gasteiger partial charge in [0.15, 0.2) is 0 Å². The van der Waals surface area contributed by atoms with E-state index in [0.29, 0.717) is 17.4 Å². The van der Waals surface area contributed by atoms with Crippen molar-refractivity contribution in [1.29, 1.82) is 0 Å². The van der Waals surface area contributed by atoms with Crippen LogP contribution in [0, 0.1) is 0 Å². The van der Waals surface area contributed by atoms with Gasteiger partial charge in [-0.1, -0.05) is 256 Å². The highest BCUT2D eigenvalue weighted by Crippen LogP contribution is 2.43. The van der Waals surface area contributed by atoms with Crippen molar-refractivity contribution < 1.29 is 32.9 Å². The summed E-state index contributed by atoms with van der Waals surface area (Å²) in [5.74, 6) is -0.190. The molecule has 0 radical (unpaired) electrons. The summed E-state index contributed by atoms with van der Waals surface area (Å²) in [5.41, 5.74) is 0. The first-order valence-corrected chi connectivity index (χ1v) is 29.9. The summed E-state index contributed by atoms with van der Waals surface area (Å²) in [4.78, 5) is 23.2. The Labute approximate surface area is 410 Å². The van der Waals surface area contributed by atoms with Gasteiger partial charge in [-0.05, 0) is 44.9 Å². The lowest BCUT2D eigenvalue weighted by molar-refractivity contribution is -0.870. The first-order chi connectivity index (χ1) is 32.0. The quantitative estimate of drug-likeness (QED) is 0.0243. The van der Waals surface area contributed by atoms with Crippen LogP contribution < -0.4 is 5.32 Å². The van der Waals surface area contributed by atoms with Crippen molar-refractivity contribution in [3.63, 3.8) is 0 Å². The van der Waals surface area contributed by atoms with Crippen LogP contribution in [0.3, 0.4) is 0 Å². The van der Waals surface area contributed by atoms with Gasteiger partial charge in [0.1, 0.15) is 13.2 Å². The van der Waals surface area contributed by atoms with Gasteiger partial charge in [-0.25, -0.2) is 4.57 Å². The van der Waals surface area contributed by atoms with Gasteiger partial charge in [0.25, 0.3) is 0 Å². The molecule has 1 amide bonds. The number of nitrogens with one attached hydrogen (secondary N) is 1. The van der Waals surface area contributed by atoms with Crippen LogP contribution in [0.4, 0.5) is 0 Å². The predicted octanol–water partition coefficient (Wildman–Crippen LogP) is 17.0. The highest BCUT2D eigenvalue weighted by atomic mass is 31.2. The minimum Gasteiger partial charge on any atom is -0.387 e. The van der Waals surface area contributed by atoms with E-state index in [1.54, 1.807) is 6.08 Å². The topological polar surface area (TPSA) is 105 Å². The number of unbranched alkanes of at least 4 members (excludes halogenated alkanes) is 35. The molecular weight excluding hydrogens is 840 g/mol. The molecule has 0 rings (SSSR count). The molecule has 66 heavy (non-hydrogen) atoms. The molecule has 0 aromatic heterocycles. The normalized spacial score (nSPS) is 14.2. The number of carbonyl (C=O) groups is 1. The zero-order valence-electron chi connectivity index (χ0n) is 44.4. The van der Waals surface area contributed by atoms with E-state index in [4.69, 9.17) is 9.05 Å². The molecule has 0 saturated carbocycles. The first kappa shape index (κ1) is 64.7. The Morgan fingerprint density at radius 2 is 0.894 bits per heavy atom. The van der Waals surface area contributed by atoms with Gasteiger partial charge < -0.3 is 19.8 Å². The molecule has 0 aromatic carbocycles. The molecule has 0 aliphatic carbocycles. The van der Waals surface area contributed by atoms with Gasteiger partial charge >= 0.3 is 7.82 Å². The second-order valence-electron chi connectivity index (χ2n) is 20.7. The van der Waals surface area contributed by atoms with Gasteiger partial charge in [-0.2, -0.15) is 0 Å². The van der Waals surface area contributed by atoms with Crippen molar-refractivity contribution in [3.05, 3.63) is 36.5 Å². The van der Waals surface area contributed by atoms with E-state index in [2.05, 4.69) is 43.5 Å². The second-order valence-corrected chi connectivity index (χ2v) is 22.1. The fraction of sp³-hybridized carbons (Fsp3) is 0.877. The standard InChI is InChI=1S/C57H111N2O6P/c1-6-8-10-12-14-16-18-20-21-22-23-24-25-26-27-28-29-30-31-32-33-34-35-36-37-39-40-42-44-46-48-50-56(60)55(54-65-66(62,63)64-53-52-59(3,4)5)58-57(61)51-49-47-45-43-41-38-19-17-15-13-11-9-7-2/h11,13,17,19,48,50,55-56,60H,6-10,12,14-16,18,20-47,49,51-54H2,1-5H3,(H-,58,61,62,63)/p+1/b13-11-,19-17-,50-48+. The SMILES string of the molecule is CCC/C=C\C/C=C\CCCCCCCC(=O)NC(COP(=O)(O)OCC[N+](C)(C)C)C(O)/C=C/CCCCCCCCCCCCCCCCCCCCCCCCCCCCCCC. The van der Waals surface area contributed by atoms with Crippen molar-refractivity contribution >= 4 is 13.7 Å². The Morgan fingerprint density at radius 3 is 1.30 bits per heavy atom. The van der Waals surface area contributed by atoms with Gasteiger partial charge in [0, 0.05) is 6.42 Å². The summed E-state index contributed by atoms with van der Waals surface area (Å²) in [5, 5.41) is 13.9. The van der Waals surface area contributed by atoms with E-state index in [9.17, 15) is 19.4 Å². The Morgan fingerprint density at radius 1 is 0.515 bits per heavy atom. The summed E-state index contributed by atoms with van der Waals surface area (Å²) in [6, 6.07) is -0.853. The second kappa shape index (κ2) is 48.7. The molecule has 3 N–H and O–H groups in total. The minimum absolute atomic E-state index is 0.0587. The van der Waals surface area contributed by atoms with Gasteiger partial charge in [0.05, 0.1) is 39.9 Å². The number of hydrogen-bond donors (Lipinski definition) is 3. The maximum Gasteiger partial charge on any atom is 0.472 e. The number of aliphatic hydroxyl groups is 1. The molecule has 0 bridgehead atoms. The predicted molar refractivity (Wildman–Crippen MR) is 286 cm³/mol. The van der Waals surface area contributed by atoms with Crippen LogP contribution in [-0.4, -0.2) is 73.4 Å². The van der Waals surface area contributed by atoms with E-state index in [0.717, 1.165) is 70.6 Å². The zero-order chi connectivity index (χ0) is 48.5. The minimum atomic E-state index is -4.35. The largest absolute Gasteiger partial charge is 0.472 e. The van der Waals surface area contributed by atoms with Crippen LogP contribution in [0.2, 0.25) is 0 Å². The smallest absolute Gasteiger partial charge is 0.387 e. The lowest BCUT2D eigenvalue weighted by atomic mass is 10.0. The van der Waals surface area contributed by atoms with Crippen LogP contribution in [-0.2, 0) is 18.4 Å². The third kappa shape index (κ3) is 50.6. The van der Waals surface area contributed by atoms with E-state index in [1.807, 2.05) is 27.2 Å². The number of hydrogen-bond acceptors (Lipinski definition) is 5. The average Bonchev–Trinajstić information content (AvgIpc) is 3.28. The average molecular weight is 953 g/mol.